The molecule has 2 heterocycles. The number of hydrazine groups is 1. The molecule has 162 valence electrons. The Balaban J connectivity index is 1.66. The number of fused-ring (bicyclic) bond motifs is 1. The summed E-state index contributed by atoms with van der Waals surface area (Å²) in [5.74, 6) is -2.68. The first-order valence-electron chi connectivity index (χ1n) is 9.42. The van der Waals surface area contributed by atoms with Gasteiger partial charge < -0.3 is 10.6 Å². The van der Waals surface area contributed by atoms with Gasteiger partial charge in [-0.15, -0.1) is 0 Å². The van der Waals surface area contributed by atoms with Gasteiger partial charge in [-0.1, -0.05) is 48.0 Å². The van der Waals surface area contributed by atoms with Crippen molar-refractivity contribution in [1.29, 1.82) is 0 Å². The third-order valence-corrected chi connectivity index (χ3v) is 5.51. The lowest BCUT2D eigenvalue weighted by molar-refractivity contribution is -0.161. The number of allylic oxidation sites excluding steroid dienone is 1. The standard InChI is InChI=1S/C21H18ClF3N4O2/c1-11-15(19(30)27-14-9-5-8-13(22)10-14)20(31)29-18(26-11)16(12-6-3-2-4-7-12)17(28-29)21(23,24)25/h2-10,16-18,26,28H,1H3,(H,27,30). The molecule has 0 spiro atoms. The predicted octanol–water partition coefficient (Wildman–Crippen LogP) is 3.54. The van der Waals surface area contributed by atoms with E-state index < -0.39 is 36.1 Å². The number of alkyl halides is 3. The normalized spacial score (nSPS) is 23.5. The van der Waals surface area contributed by atoms with Crippen LogP contribution in [0.25, 0.3) is 0 Å². The van der Waals surface area contributed by atoms with Crippen molar-refractivity contribution >= 4 is 29.1 Å². The Kier molecular flexibility index (Phi) is 5.40. The maximum absolute atomic E-state index is 13.8. The van der Waals surface area contributed by atoms with Crippen molar-refractivity contribution in [3.63, 3.8) is 0 Å². The van der Waals surface area contributed by atoms with Gasteiger partial charge in [0.1, 0.15) is 17.8 Å². The average molecular weight is 451 g/mol. The minimum atomic E-state index is -4.61. The maximum Gasteiger partial charge on any atom is 0.406 e. The molecule has 0 saturated carbocycles. The van der Waals surface area contributed by atoms with E-state index in [1.54, 1.807) is 48.5 Å². The summed E-state index contributed by atoms with van der Waals surface area (Å²) < 4.78 is 41.4. The summed E-state index contributed by atoms with van der Waals surface area (Å²) >= 11 is 5.91. The fraction of sp³-hybridized carbons (Fsp3) is 0.238. The smallest absolute Gasteiger partial charge is 0.366 e. The molecule has 2 aliphatic rings. The van der Waals surface area contributed by atoms with Crippen LogP contribution in [0, 0.1) is 0 Å². The molecule has 0 aromatic heterocycles. The summed E-state index contributed by atoms with van der Waals surface area (Å²) in [5.41, 5.74) is 2.96. The van der Waals surface area contributed by atoms with Crippen molar-refractivity contribution in [2.24, 2.45) is 0 Å². The number of nitrogens with one attached hydrogen (secondary N) is 3. The van der Waals surface area contributed by atoms with E-state index in [2.05, 4.69) is 16.1 Å². The van der Waals surface area contributed by atoms with Gasteiger partial charge in [0.2, 0.25) is 0 Å². The number of carbonyl (C=O) groups excluding carboxylic acids is 2. The van der Waals surface area contributed by atoms with E-state index in [4.69, 9.17) is 11.6 Å². The van der Waals surface area contributed by atoms with Crippen molar-refractivity contribution < 1.29 is 22.8 Å². The number of amides is 2. The molecule has 3 atom stereocenters. The van der Waals surface area contributed by atoms with Gasteiger partial charge in [0.05, 0.1) is 5.92 Å². The zero-order chi connectivity index (χ0) is 22.3. The minimum absolute atomic E-state index is 0.191. The first kappa shape index (κ1) is 21.2. The van der Waals surface area contributed by atoms with E-state index >= 15 is 0 Å². The number of rotatable bonds is 3. The molecule has 2 aliphatic heterocycles. The quantitative estimate of drug-likeness (QED) is 0.625. The Bertz CT molecular complexity index is 1060. The Hall–Kier alpha value is -3.04. The van der Waals surface area contributed by atoms with Crippen molar-refractivity contribution in [3.8, 4) is 0 Å². The van der Waals surface area contributed by atoms with E-state index in [-0.39, 0.29) is 11.3 Å². The van der Waals surface area contributed by atoms with Crippen LogP contribution in [0.1, 0.15) is 18.4 Å². The molecule has 2 aromatic carbocycles. The van der Waals surface area contributed by atoms with Crippen molar-refractivity contribution in [3.05, 3.63) is 76.5 Å². The highest BCUT2D eigenvalue weighted by Crippen LogP contribution is 2.41. The van der Waals surface area contributed by atoms with E-state index in [1.807, 2.05) is 0 Å². The van der Waals surface area contributed by atoms with Gasteiger partial charge in [-0.05, 0) is 30.7 Å². The number of halogens is 4. The van der Waals surface area contributed by atoms with E-state index in [0.717, 1.165) is 5.01 Å². The summed E-state index contributed by atoms with van der Waals surface area (Å²) in [6.07, 6.45) is -5.62. The van der Waals surface area contributed by atoms with Crippen LogP contribution in [-0.2, 0) is 9.59 Å². The lowest BCUT2D eigenvalue weighted by Gasteiger charge is -2.34. The monoisotopic (exact) mass is 450 g/mol. The molecule has 3 unspecified atom stereocenters. The second-order valence-electron chi connectivity index (χ2n) is 7.31. The highest BCUT2D eigenvalue weighted by atomic mass is 35.5. The molecule has 31 heavy (non-hydrogen) atoms. The summed E-state index contributed by atoms with van der Waals surface area (Å²) in [5, 5.41) is 6.72. The summed E-state index contributed by atoms with van der Waals surface area (Å²) in [6.45, 7) is 1.49. The highest BCUT2D eigenvalue weighted by Gasteiger charge is 2.58. The molecule has 6 nitrogen and oxygen atoms in total. The minimum Gasteiger partial charge on any atom is -0.366 e. The molecular formula is C21H18ClF3N4O2. The largest absolute Gasteiger partial charge is 0.406 e. The van der Waals surface area contributed by atoms with E-state index in [1.165, 1.54) is 13.0 Å². The average Bonchev–Trinajstić information content (AvgIpc) is 3.09. The maximum atomic E-state index is 13.8. The topological polar surface area (TPSA) is 73.5 Å². The lowest BCUT2D eigenvalue weighted by Crippen LogP contribution is -2.56. The second kappa shape index (κ2) is 7.90. The van der Waals surface area contributed by atoms with Gasteiger partial charge in [0.25, 0.3) is 11.8 Å². The number of nitrogens with zero attached hydrogens (tertiary/aromatic N) is 1. The molecule has 3 N–H and O–H groups in total. The highest BCUT2D eigenvalue weighted by molar-refractivity contribution is 6.31. The van der Waals surface area contributed by atoms with Crippen LogP contribution < -0.4 is 16.1 Å². The van der Waals surface area contributed by atoms with Crippen LogP contribution in [-0.4, -0.2) is 35.2 Å². The fourth-order valence-electron chi connectivity index (χ4n) is 3.92. The summed E-state index contributed by atoms with van der Waals surface area (Å²) in [7, 11) is 0. The number of anilines is 1. The zero-order valence-electron chi connectivity index (χ0n) is 16.2. The molecule has 0 bridgehead atoms. The number of benzene rings is 2. The van der Waals surface area contributed by atoms with E-state index in [9.17, 15) is 22.8 Å². The predicted molar refractivity (Wildman–Crippen MR) is 109 cm³/mol. The molecule has 1 saturated heterocycles. The lowest BCUT2D eigenvalue weighted by atomic mass is 9.89. The Morgan fingerprint density at radius 2 is 1.84 bits per heavy atom. The molecular weight excluding hydrogens is 433 g/mol. The van der Waals surface area contributed by atoms with Gasteiger partial charge in [0, 0.05) is 16.4 Å². The van der Waals surface area contributed by atoms with Gasteiger partial charge >= 0.3 is 6.18 Å². The Morgan fingerprint density at radius 3 is 2.48 bits per heavy atom. The molecule has 0 radical (unpaired) electrons. The molecule has 10 heteroatoms. The van der Waals surface area contributed by atoms with Gasteiger partial charge in [-0.25, -0.2) is 10.4 Å². The Labute approximate surface area is 181 Å². The van der Waals surface area contributed by atoms with Crippen LogP contribution in [0.4, 0.5) is 18.9 Å². The van der Waals surface area contributed by atoms with Gasteiger partial charge in [-0.3, -0.25) is 9.59 Å². The number of carbonyl (C=O) groups is 2. The Morgan fingerprint density at radius 1 is 1.13 bits per heavy atom. The molecule has 4 rings (SSSR count). The van der Waals surface area contributed by atoms with Crippen LogP contribution in [0.15, 0.2) is 65.9 Å². The molecule has 0 aliphatic carbocycles. The molecule has 2 amide bonds. The van der Waals surface area contributed by atoms with E-state index in [0.29, 0.717) is 16.3 Å². The first-order valence-corrected chi connectivity index (χ1v) is 9.80. The van der Waals surface area contributed by atoms with Crippen molar-refractivity contribution in [1.82, 2.24) is 15.8 Å². The SMILES string of the molecule is CC1=C(C(=O)Nc2cccc(Cl)c2)C(=O)N2NC(C(F)(F)F)C(c3ccccc3)C2N1. The van der Waals surface area contributed by atoms with Crippen LogP contribution >= 0.6 is 11.6 Å². The second-order valence-corrected chi connectivity index (χ2v) is 7.75. The molecule has 2 aromatic rings. The van der Waals surface area contributed by atoms with Crippen LogP contribution in [0.5, 0.6) is 0 Å². The number of hydrogen-bond donors (Lipinski definition) is 3. The van der Waals surface area contributed by atoms with Crippen molar-refractivity contribution in [2.45, 2.75) is 31.2 Å². The van der Waals surface area contributed by atoms with Crippen LogP contribution in [0.3, 0.4) is 0 Å². The third-order valence-electron chi connectivity index (χ3n) is 5.27. The third kappa shape index (κ3) is 3.98. The first-order chi connectivity index (χ1) is 14.7. The fourth-order valence-corrected chi connectivity index (χ4v) is 4.11. The number of hydrogen-bond acceptors (Lipinski definition) is 4. The van der Waals surface area contributed by atoms with Gasteiger partial charge in [0.15, 0.2) is 0 Å². The zero-order valence-corrected chi connectivity index (χ0v) is 17.0. The summed E-state index contributed by atoms with van der Waals surface area (Å²) in [6, 6.07) is 12.5. The van der Waals surface area contributed by atoms with Crippen LogP contribution in [0.2, 0.25) is 5.02 Å². The molecule has 1 fully saturated rings. The van der Waals surface area contributed by atoms with Gasteiger partial charge in [-0.2, -0.15) is 13.2 Å². The van der Waals surface area contributed by atoms with Crippen molar-refractivity contribution in [2.75, 3.05) is 5.32 Å². The summed E-state index contributed by atoms with van der Waals surface area (Å²) in [4.78, 5) is 25.8.